The third-order valence-electron chi connectivity index (χ3n) is 4.51. The van der Waals surface area contributed by atoms with Gasteiger partial charge in [0.1, 0.15) is 6.33 Å². The second kappa shape index (κ2) is 7.46. The number of fused-ring (bicyclic) bond motifs is 1. The van der Waals surface area contributed by atoms with Crippen LogP contribution in [0.1, 0.15) is 6.42 Å². The highest BCUT2D eigenvalue weighted by atomic mass is 32.1. The molecule has 0 aliphatic carbocycles. The van der Waals surface area contributed by atoms with Crippen LogP contribution < -0.4 is 5.69 Å². The predicted molar refractivity (Wildman–Crippen MR) is 110 cm³/mol. The summed E-state index contributed by atoms with van der Waals surface area (Å²) in [5.74, 6) is 0. The van der Waals surface area contributed by atoms with Crippen LogP contribution in [0.5, 0.6) is 0 Å². The van der Waals surface area contributed by atoms with E-state index in [-0.39, 0.29) is 5.69 Å². The maximum Gasteiger partial charge on any atom is 0.348 e. The average Bonchev–Trinajstić information content (AvgIpc) is 3.31. The summed E-state index contributed by atoms with van der Waals surface area (Å²) in [6.45, 7) is 1.62. The number of hydrogen-bond donors (Lipinski definition) is 0. The number of rotatable bonds is 6. The second-order valence-corrected chi connectivity index (χ2v) is 7.53. The molecule has 4 rings (SSSR count). The van der Waals surface area contributed by atoms with Crippen molar-refractivity contribution in [3.05, 3.63) is 64.1 Å². The van der Waals surface area contributed by atoms with Gasteiger partial charge >= 0.3 is 5.69 Å². The molecule has 6 nitrogen and oxygen atoms in total. The first-order chi connectivity index (χ1) is 13.1. The Kier molecular flexibility index (Phi) is 4.87. The van der Waals surface area contributed by atoms with Gasteiger partial charge in [0.15, 0.2) is 0 Å². The molecule has 0 aliphatic heterocycles. The van der Waals surface area contributed by atoms with Crippen LogP contribution in [-0.4, -0.2) is 44.6 Å². The van der Waals surface area contributed by atoms with E-state index in [1.165, 1.54) is 0 Å². The van der Waals surface area contributed by atoms with Crippen molar-refractivity contribution < 1.29 is 0 Å². The fraction of sp³-hybridized carbons (Fsp3) is 0.250. The van der Waals surface area contributed by atoms with E-state index in [9.17, 15) is 4.79 Å². The van der Waals surface area contributed by atoms with E-state index in [2.05, 4.69) is 30.9 Å². The van der Waals surface area contributed by atoms with Crippen molar-refractivity contribution in [1.82, 2.24) is 24.0 Å². The van der Waals surface area contributed by atoms with Crippen LogP contribution in [0.25, 0.3) is 28.0 Å². The Labute approximate surface area is 161 Å². The van der Waals surface area contributed by atoms with Gasteiger partial charge in [0, 0.05) is 23.7 Å². The van der Waals surface area contributed by atoms with E-state index in [1.54, 1.807) is 15.9 Å². The number of nitrogens with zero attached hydrogens (tertiary/aromatic N) is 5. The molecule has 0 bridgehead atoms. The highest BCUT2D eigenvalue weighted by Gasteiger charge is 2.09. The number of thiophene rings is 1. The van der Waals surface area contributed by atoms with E-state index in [1.807, 2.05) is 56.3 Å². The van der Waals surface area contributed by atoms with Gasteiger partial charge in [-0.2, -0.15) is 16.3 Å². The smallest absolute Gasteiger partial charge is 0.309 e. The van der Waals surface area contributed by atoms with Gasteiger partial charge in [-0.25, -0.2) is 9.78 Å². The number of hydrogen-bond acceptors (Lipinski definition) is 5. The maximum atomic E-state index is 12.3. The highest BCUT2D eigenvalue weighted by Crippen LogP contribution is 2.24. The molecule has 0 amide bonds. The SMILES string of the molecule is CN(C)CCCn1ccc(-c2ccc3c(c2)ncn3-c2ccsc2)nc1=O. The van der Waals surface area contributed by atoms with Gasteiger partial charge in [-0.3, -0.25) is 9.13 Å². The fourth-order valence-electron chi connectivity index (χ4n) is 3.09. The lowest BCUT2D eigenvalue weighted by atomic mass is 10.1. The Morgan fingerprint density at radius 1 is 1.19 bits per heavy atom. The van der Waals surface area contributed by atoms with Gasteiger partial charge in [-0.15, -0.1) is 0 Å². The molecule has 0 aliphatic rings. The summed E-state index contributed by atoms with van der Waals surface area (Å²) in [6, 6.07) is 9.96. The zero-order valence-corrected chi connectivity index (χ0v) is 16.2. The predicted octanol–water partition coefficient (Wildman–Crippen LogP) is 3.26. The maximum absolute atomic E-state index is 12.3. The van der Waals surface area contributed by atoms with Crippen molar-refractivity contribution in [2.75, 3.05) is 20.6 Å². The molecule has 0 atom stereocenters. The van der Waals surface area contributed by atoms with E-state index < -0.39 is 0 Å². The quantitative estimate of drug-likeness (QED) is 0.516. The average molecular weight is 379 g/mol. The van der Waals surface area contributed by atoms with Gasteiger partial charge in [-0.1, -0.05) is 6.07 Å². The number of benzene rings is 1. The lowest BCUT2D eigenvalue weighted by molar-refractivity contribution is 0.384. The Balaban J connectivity index is 1.61. The van der Waals surface area contributed by atoms with Crippen LogP contribution in [0, 0.1) is 0 Å². The van der Waals surface area contributed by atoms with Crippen LogP contribution in [0.4, 0.5) is 0 Å². The topological polar surface area (TPSA) is 56.0 Å². The number of aryl methyl sites for hydroxylation is 1. The van der Waals surface area contributed by atoms with Crippen LogP contribution in [0.3, 0.4) is 0 Å². The first-order valence-corrected chi connectivity index (χ1v) is 9.78. The van der Waals surface area contributed by atoms with Crippen LogP contribution in [0.15, 0.2) is 58.4 Å². The lowest BCUT2D eigenvalue weighted by Gasteiger charge is -2.10. The van der Waals surface area contributed by atoms with Crippen LogP contribution >= 0.6 is 11.3 Å². The molecule has 0 radical (unpaired) electrons. The Morgan fingerprint density at radius 2 is 2.07 bits per heavy atom. The van der Waals surface area contributed by atoms with Crippen LogP contribution in [-0.2, 0) is 6.54 Å². The normalized spacial score (nSPS) is 11.5. The van der Waals surface area contributed by atoms with Crippen molar-refractivity contribution in [3.63, 3.8) is 0 Å². The van der Waals surface area contributed by atoms with Crippen LogP contribution in [0.2, 0.25) is 0 Å². The lowest BCUT2D eigenvalue weighted by Crippen LogP contribution is -2.24. The Hall–Kier alpha value is -2.77. The minimum atomic E-state index is -0.213. The third-order valence-corrected chi connectivity index (χ3v) is 5.18. The molecule has 3 heterocycles. The van der Waals surface area contributed by atoms with Gasteiger partial charge in [0.2, 0.25) is 0 Å². The molecule has 4 aromatic rings. The zero-order valence-electron chi connectivity index (χ0n) is 15.4. The summed E-state index contributed by atoms with van der Waals surface area (Å²) in [5.41, 5.74) is 4.39. The minimum absolute atomic E-state index is 0.213. The molecular weight excluding hydrogens is 358 g/mol. The summed E-state index contributed by atoms with van der Waals surface area (Å²) < 4.78 is 3.72. The summed E-state index contributed by atoms with van der Waals surface area (Å²) >= 11 is 1.66. The third kappa shape index (κ3) is 3.70. The van der Waals surface area contributed by atoms with Gasteiger partial charge in [0.25, 0.3) is 0 Å². The highest BCUT2D eigenvalue weighted by molar-refractivity contribution is 7.08. The van der Waals surface area contributed by atoms with Crippen molar-refractivity contribution >= 4 is 22.4 Å². The van der Waals surface area contributed by atoms with Crippen molar-refractivity contribution in [1.29, 1.82) is 0 Å². The van der Waals surface area contributed by atoms with Gasteiger partial charge < -0.3 is 4.90 Å². The largest absolute Gasteiger partial charge is 0.348 e. The molecule has 138 valence electrons. The van der Waals surface area contributed by atoms with Crippen molar-refractivity contribution in [2.24, 2.45) is 0 Å². The monoisotopic (exact) mass is 379 g/mol. The summed E-state index contributed by atoms with van der Waals surface area (Å²) in [6.07, 6.45) is 4.57. The fourth-order valence-corrected chi connectivity index (χ4v) is 3.72. The van der Waals surface area contributed by atoms with E-state index >= 15 is 0 Å². The van der Waals surface area contributed by atoms with Crippen molar-refractivity contribution in [2.45, 2.75) is 13.0 Å². The summed E-state index contributed by atoms with van der Waals surface area (Å²) in [4.78, 5) is 23.2. The molecular formula is C20H21N5OS. The molecule has 3 aromatic heterocycles. The summed E-state index contributed by atoms with van der Waals surface area (Å²) in [7, 11) is 4.06. The molecule has 1 aromatic carbocycles. The molecule has 27 heavy (non-hydrogen) atoms. The molecule has 0 unspecified atom stereocenters. The molecule has 7 heteroatoms. The van der Waals surface area contributed by atoms with Crippen molar-refractivity contribution in [3.8, 4) is 16.9 Å². The first-order valence-electron chi connectivity index (χ1n) is 8.84. The molecule has 0 spiro atoms. The van der Waals surface area contributed by atoms with Gasteiger partial charge in [-0.05, 0) is 56.7 Å². The van der Waals surface area contributed by atoms with Gasteiger partial charge in [0.05, 0.1) is 22.4 Å². The molecule has 0 fully saturated rings. The Bertz CT molecular complexity index is 1110. The Morgan fingerprint density at radius 3 is 2.81 bits per heavy atom. The number of imidazole rings is 1. The second-order valence-electron chi connectivity index (χ2n) is 6.75. The standard InChI is InChI=1S/C20H21N5OS/c1-23(2)8-3-9-24-10-6-17(22-20(24)26)15-4-5-19-18(12-15)21-14-25(19)16-7-11-27-13-16/h4-7,10-14H,3,8-9H2,1-2H3. The van der Waals surface area contributed by atoms with E-state index in [0.717, 1.165) is 35.2 Å². The number of aromatic nitrogens is 4. The minimum Gasteiger partial charge on any atom is -0.309 e. The zero-order chi connectivity index (χ0) is 18.8. The van der Waals surface area contributed by atoms with E-state index in [4.69, 9.17) is 0 Å². The molecule has 0 saturated heterocycles. The van der Waals surface area contributed by atoms with E-state index in [0.29, 0.717) is 12.2 Å². The molecule has 0 saturated carbocycles. The molecule has 0 N–H and O–H groups in total. The summed E-state index contributed by atoms with van der Waals surface area (Å²) in [5, 5.41) is 4.14. The first kappa shape index (κ1) is 17.6.